The van der Waals surface area contributed by atoms with E-state index in [-0.39, 0.29) is 0 Å². The highest BCUT2D eigenvalue weighted by Crippen LogP contribution is 2.28. The molecule has 0 bridgehead atoms. The second-order valence-electron chi connectivity index (χ2n) is 5.20. The Morgan fingerprint density at radius 2 is 1.32 bits per heavy atom. The molecule has 2 heteroatoms. The molecule has 0 aliphatic carbocycles. The number of benzene rings is 3. The van der Waals surface area contributed by atoms with Gasteiger partial charge in [-0.15, -0.1) is 0 Å². The van der Waals surface area contributed by atoms with E-state index in [1.54, 1.807) is 0 Å². The van der Waals surface area contributed by atoms with Crippen molar-refractivity contribution >= 4 is 17.3 Å². The van der Waals surface area contributed by atoms with E-state index in [0.717, 1.165) is 23.8 Å². The van der Waals surface area contributed by atoms with E-state index in [0.29, 0.717) is 0 Å². The molecule has 3 aromatic carbocycles. The van der Waals surface area contributed by atoms with Gasteiger partial charge in [0.25, 0.3) is 0 Å². The molecule has 0 heterocycles. The third kappa shape index (κ3) is 3.69. The normalized spacial score (nSPS) is 10.4. The average molecular weight is 307 g/mol. The topological polar surface area (TPSA) is 3.24 Å². The van der Waals surface area contributed by atoms with Crippen molar-refractivity contribution in [2.24, 2.45) is 0 Å². The van der Waals surface area contributed by atoms with Crippen LogP contribution in [-0.2, 0) is 13.1 Å². The Morgan fingerprint density at radius 1 is 0.773 bits per heavy atom. The van der Waals surface area contributed by atoms with Crippen LogP contribution in [0.25, 0.3) is 0 Å². The first-order valence-electron chi connectivity index (χ1n) is 7.31. The van der Waals surface area contributed by atoms with Crippen LogP contribution in [0, 0.1) is 6.07 Å². The lowest BCUT2D eigenvalue weighted by Crippen LogP contribution is -2.22. The minimum absolute atomic E-state index is 0.755. The molecule has 0 spiro atoms. The van der Waals surface area contributed by atoms with Gasteiger partial charge in [-0.2, -0.15) is 0 Å². The van der Waals surface area contributed by atoms with Crippen molar-refractivity contribution in [2.75, 3.05) is 4.90 Å². The standard InChI is InChI=1S/C20H17ClN/c21-19-13-7-8-14-20(19)22(15-17-9-3-1-4-10-17)16-18-11-5-2-6-12-18/h1-7,9-14H,15-16H2. The lowest BCUT2D eigenvalue weighted by Gasteiger charge is -2.26. The maximum absolute atomic E-state index is 6.39. The van der Waals surface area contributed by atoms with E-state index >= 15 is 0 Å². The molecule has 109 valence electrons. The van der Waals surface area contributed by atoms with Gasteiger partial charge in [-0.25, -0.2) is 0 Å². The fourth-order valence-corrected chi connectivity index (χ4v) is 2.72. The number of hydrogen-bond acceptors (Lipinski definition) is 1. The first-order chi connectivity index (χ1) is 10.8. The fourth-order valence-electron chi connectivity index (χ4n) is 2.48. The van der Waals surface area contributed by atoms with Crippen molar-refractivity contribution in [3.8, 4) is 0 Å². The summed E-state index contributed by atoms with van der Waals surface area (Å²) in [7, 11) is 0. The van der Waals surface area contributed by atoms with Crippen LogP contribution in [0.3, 0.4) is 0 Å². The van der Waals surface area contributed by atoms with E-state index in [2.05, 4.69) is 59.5 Å². The summed E-state index contributed by atoms with van der Waals surface area (Å²) in [6.07, 6.45) is 0. The van der Waals surface area contributed by atoms with Crippen LogP contribution in [0.15, 0.2) is 78.9 Å². The van der Waals surface area contributed by atoms with Gasteiger partial charge in [-0.3, -0.25) is 0 Å². The zero-order chi connectivity index (χ0) is 15.2. The Balaban J connectivity index is 1.90. The molecule has 0 aliphatic heterocycles. The second-order valence-corrected chi connectivity index (χ2v) is 5.61. The zero-order valence-electron chi connectivity index (χ0n) is 12.2. The van der Waals surface area contributed by atoms with Crippen molar-refractivity contribution in [2.45, 2.75) is 13.1 Å². The molecule has 0 saturated heterocycles. The SMILES string of the molecule is Clc1cc[c]cc1N(Cc1ccccc1)Cc1ccccc1. The summed E-state index contributed by atoms with van der Waals surface area (Å²) >= 11 is 6.39. The lowest BCUT2D eigenvalue weighted by molar-refractivity contribution is 0.800. The Morgan fingerprint density at radius 3 is 1.82 bits per heavy atom. The van der Waals surface area contributed by atoms with Gasteiger partial charge in [0.1, 0.15) is 0 Å². The highest BCUT2D eigenvalue weighted by molar-refractivity contribution is 6.33. The van der Waals surface area contributed by atoms with E-state index in [1.807, 2.05) is 30.3 Å². The highest BCUT2D eigenvalue weighted by atomic mass is 35.5. The molecule has 0 saturated carbocycles. The van der Waals surface area contributed by atoms with Gasteiger partial charge in [0.05, 0.1) is 10.7 Å². The molecule has 0 amide bonds. The number of anilines is 1. The predicted molar refractivity (Wildman–Crippen MR) is 93.1 cm³/mol. The maximum atomic E-state index is 6.39. The van der Waals surface area contributed by atoms with Crippen LogP contribution in [0.2, 0.25) is 5.02 Å². The molecular formula is C20H17ClN. The van der Waals surface area contributed by atoms with Crippen molar-refractivity contribution in [1.29, 1.82) is 0 Å². The van der Waals surface area contributed by atoms with E-state index in [1.165, 1.54) is 11.1 Å². The number of nitrogens with zero attached hydrogens (tertiary/aromatic N) is 1. The van der Waals surface area contributed by atoms with E-state index in [9.17, 15) is 0 Å². The quantitative estimate of drug-likeness (QED) is 0.614. The number of rotatable bonds is 5. The number of hydrogen-bond donors (Lipinski definition) is 0. The Hall–Kier alpha value is -2.25. The van der Waals surface area contributed by atoms with Crippen LogP contribution >= 0.6 is 11.6 Å². The summed E-state index contributed by atoms with van der Waals surface area (Å²) in [4.78, 5) is 2.28. The summed E-state index contributed by atoms with van der Waals surface area (Å²) in [6.45, 7) is 1.63. The molecule has 22 heavy (non-hydrogen) atoms. The Kier molecular flexibility index (Phi) is 4.77. The minimum atomic E-state index is 0.755. The minimum Gasteiger partial charge on any atom is -0.362 e. The van der Waals surface area contributed by atoms with Gasteiger partial charge < -0.3 is 4.90 Å². The lowest BCUT2D eigenvalue weighted by atomic mass is 10.1. The zero-order valence-corrected chi connectivity index (χ0v) is 13.0. The van der Waals surface area contributed by atoms with Gasteiger partial charge in [0, 0.05) is 13.1 Å². The third-order valence-corrected chi connectivity index (χ3v) is 3.88. The average Bonchev–Trinajstić information content (AvgIpc) is 2.57. The largest absolute Gasteiger partial charge is 0.362 e. The summed E-state index contributed by atoms with van der Waals surface area (Å²) in [5.74, 6) is 0. The van der Waals surface area contributed by atoms with Gasteiger partial charge in [-0.05, 0) is 29.3 Å². The van der Waals surface area contributed by atoms with Crippen molar-refractivity contribution < 1.29 is 0 Å². The molecule has 3 rings (SSSR count). The van der Waals surface area contributed by atoms with Gasteiger partial charge in [0.2, 0.25) is 0 Å². The molecule has 1 radical (unpaired) electrons. The second kappa shape index (κ2) is 7.15. The Labute approximate surface area is 136 Å². The molecular weight excluding hydrogens is 290 g/mol. The monoisotopic (exact) mass is 306 g/mol. The van der Waals surface area contributed by atoms with Gasteiger partial charge >= 0.3 is 0 Å². The number of halogens is 1. The van der Waals surface area contributed by atoms with Crippen LogP contribution < -0.4 is 4.90 Å². The summed E-state index contributed by atoms with van der Waals surface area (Å²) in [5, 5.41) is 0.755. The molecule has 0 fully saturated rings. The van der Waals surface area contributed by atoms with Crippen LogP contribution in [0.5, 0.6) is 0 Å². The van der Waals surface area contributed by atoms with Crippen molar-refractivity contribution in [3.05, 3.63) is 101 Å². The van der Waals surface area contributed by atoms with E-state index in [4.69, 9.17) is 11.6 Å². The maximum Gasteiger partial charge on any atom is 0.0640 e. The third-order valence-electron chi connectivity index (χ3n) is 3.56. The van der Waals surface area contributed by atoms with Crippen molar-refractivity contribution in [1.82, 2.24) is 0 Å². The summed E-state index contributed by atoms with van der Waals surface area (Å²) in [6, 6.07) is 29.7. The summed E-state index contributed by atoms with van der Waals surface area (Å²) in [5.41, 5.74) is 3.54. The molecule has 0 aromatic heterocycles. The van der Waals surface area contributed by atoms with E-state index < -0.39 is 0 Å². The first kappa shape index (κ1) is 14.7. The van der Waals surface area contributed by atoms with Gasteiger partial charge in [-0.1, -0.05) is 78.3 Å². The predicted octanol–water partition coefficient (Wildman–Crippen LogP) is 5.35. The van der Waals surface area contributed by atoms with Crippen LogP contribution in [-0.4, -0.2) is 0 Å². The van der Waals surface area contributed by atoms with Crippen LogP contribution in [0.4, 0.5) is 5.69 Å². The van der Waals surface area contributed by atoms with Crippen molar-refractivity contribution in [3.63, 3.8) is 0 Å². The highest BCUT2D eigenvalue weighted by Gasteiger charge is 2.11. The Bertz CT molecular complexity index is 669. The molecule has 0 N–H and O–H groups in total. The van der Waals surface area contributed by atoms with Gasteiger partial charge in [0.15, 0.2) is 0 Å². The fraction of sp³-hybridized carbons (Fsp3) is 0.100. The first-order valence-corrected chi connectivity index (χ1v) is 7.69. The summed E-state index contributed by atoms with van der Waals surface area (Å²) < 4.78 is 0. The molecule has 0 aliphatic rings. The molecule has 0 unspecified atom stereocenters. The molecule has 3 aromatic rings. The van der Waals surface area contributed by atoms with Crippen LogP contribution in [0.1, 0.15) is 11.1 Å². The molecule has 0 atom stereocenters. The smallest absolute Gasteiger partial charge is 0.0640 e. The molecule has 1 nitrogen and oxygen atoms in total.